The van der Waals surface area contributed by atoms with Gasteiger partial charge in [0.1, 0.15) is 5.75 Å². The molecule has 0 saturated carbocycles. The molecule has 0 amide bonds. The van der Waals surface area contributed by atoms with Crippen molar-refractivity contribution in [3.63, 3.8) is 0 Å². The van der Waals surface area contributed by atoms with Crippen LogP contribution in [-0.4, -0.2) is 17.3 Å². The Morgan fingerprint density at radius 3 is 2.94 bits per heavy atom. The molecule has 2 N–H and O–H groups in total. The number of para-hydroxylation sites is 2. The van der Waals surface area contributed by atoms with Gasteiger partial charge in [0, 0.05) is 11.1 Å². The zero-order valence-corrected chi connectivity index (χ0v) is 9.97. The number of H-pyrrole nitrogens is 1. The molecule has 0 unspecified atom stereocenters. The summed E-state index contributed by atoms with van der Waals surface area (Å²) in [6, 6.07) is 13.9. The number of aromatic amines is 1. The summed E-state index contributed by atoms with van der Waals surface area (Å²) in [4.78, 5) is 0. The number of ether oxygens (including phenoxy) is 1. The second-order valence-electron chi connectivity index (χ2n) is 4.00. The molecule has 0 fully saturated rings. The smallest absolute Gasteiger partial charge is 0.142 e. The van der Waals surface area contributed by atoms with E-state index in [9.17, 15) is 0 Å². The Bertz CT molecular complexity index is 675. The van der Waals surface area contributed by atoms with Crippen molar-refractivity contribution in [2.75, 3.05) is 12.4 Å². The van der Waals surface area contributed by atoms with Gasteiger partial charge in [0.25, 0.3) is 0 Å². The van der Waals surface area contributed by atoms with Gasteiger partial charge in [0.05, 0.1) is 24.5 Å². The molecule has 1 aromatic heterocycles. The van der Waals surface area contributed by atoms with Gasteiger partial charge in [-0.1, -0.05) is 12.1 Å². The number of fused-ring (bicyclic) bond motifs is 1. The fourth-order valence-electron chi connectivity index (χ4n) is 1.92. The Balaban J connectivity index is 1.95. The average molecular weight is 239 g/mol. The summed E-state index contributed by atoms with van der Waals surface area (Å²) in [5, 5.41) is 11.4. The molecule has 1 heterocycles. The summed E-state index contributed by atoms with van der Waals surface area (Å²) in [5.41, 5.74) is 2.98. The summed E-state index contributed by atoms with van der Waals surface area (Å²) in [5.74, 6) is 0.824. The molecule has 4 nitrogen and oxygen atoms in total. The Morgan fingerprint density at radius 1 is 1.17 bits per heavy atom. The summed E-state index contributed by atoms with van der Waals surface area (Å²) in [6.07, 6.45) is 1.81. The molecule has 0 spiro atoms. The lowest BCUT2D eigenvalue weighted by Gasteiger charge is -2.10. The standard InChI is InChI=1S/C14H13N3O/c1-18-14-5-3-2-4-13(14)16-11-6-7-12-10(8-11)9-15-17-12/h2-9,16H,1H3,(H,15,17). The zero-order valence-electron chi connectivity index (χ0n) is 9.97. The maximum absolute atomic E-state index is 5.31. The van der Waals surface area contributed by atoms with Crippen LogP contribution in [0.3, 0.4) is 0 Å². The van der Waals surface area contributed by atoms with Crippen LogP contribution in [0.15, 0.2) is 48.7 Å². The molecule has 0 atom stereocenters. The summed E-state index contributed by atoms with van der Waals surface area (Å²) >= 11 is 0. The normalized spacial score (nSPS) is 10.5. The number of anilines is 2. The lowest BCUT2D eigenvalue weighted by Crippen LogP contribution is -1.93. The van der Waals surface area contributed by atoms with Crippen LogP contribution in [0.5, 0.6) is 5.75 Å². The van der Waals surface area contributed by atoms with Crippen LogP contribution in [0.25, 0.3) is 10.9 Å². The number of hydrogen-bond donors (Lipinski definition) is 2. The third-order valence-electron chi connectivity index (χ3n) is 2.83. The Hall–Kier alpha value is -2.49. The number of nitrogens with zero attached hydrogens (tertiary/aromatic N) is 1. The van der Waals surface area contributed by atoms with E-state index in [1.165, 1.54) is 0 Å². The fraction of sp³-hybridized carbons (Fsp3) is 0.0714. The van der Waals surface area contributed by atoms with E-state index in [1.54, 1.807) is 7.11 Å². The predicted octanol–water partition coefficient (Wildman–Crippen LogP) is 3.32. The SMILES string of the molecule is COc1ccccc1Nc1ccc2[nH]ncc2c1. The van der Waals surface area contributed by atoms with Crippen LogP contribution in [0.2, 0.25) is 0 Å². The van der Waals surface area contributed by atoms with Gasteiger partial charge in [-0.3, -0.25) is 5.10 Å². The number of aromatic nitrogens is 2. The van der Waals surface area contributed by atoms with Crippen LogP contribution in [-0.2, 0) is 0 Å². The van der Waals surface area contributed by atoms with E-state index in [2.05, 4.69) is 15.5 Å². The lowest BCUT2D eigenvalue weighted by molar-refractivity contribution is 0.417. The molecule has 3 aromatic rings. The molecule has 0 saturated heterocycles. The topological polar surface area (TPSA) is 49.9 Å². The van der Waals surface area contributed by atoms with E-state index in [1.807, 2.05) is 48.7 Å². The molecule has 0 aliphatic rings. The molecule has 2 aromatic carbocycles. The molecule has 4 heteroatoms. The first-order valence-corrected chi connectivity index (χ1v) is 5.70. The molecule has 0 aliphatic carbocycles. The molecular weight excluding hydrogens is 226 g/mol. The van der Waals surface area contributed by atoms with Crippen molar-refractivity contribution in [3.05, 3.63) is 48.7 Å². The van der Waals surface area contributed by atoms with Crippen molar-refractivity contribution in [2.45, 2.75) is 0 Å². The van der Waals surface area contributed by atoms with Crippen LogP contribution in [0.1, 0.15) is 0 Å². The molecule has 0 radical (unpaired) electrons. The quantitative estimate of drug-likeness (QED) is 0.737. The van der Waals surface area contributed by atoms with Crippen molar-refractivity contribution in [2.24, 2.45) is 0 Å². The number of rotatable bonds is 3. The maximum Gasteiger partial charge on any atom is 0.142 e. The minimum Gasteiger partial charge on any atom is -0.495 e. The lowest BCUT2D eigenvalue weighted by atomic mass is 10.2. The average Bonchev–Trinajstić information content (AvgIpc) is 2.87. The van der Waals surface area contributed by atoms with Crippen molar-refractivity contribution < 1.29 is 4.74 Å². The van der Waals surface area contributed by atoms with Gasteiger partial charge in [-0.15, -0.1) is 0 Å². The third kappa shape index (κ3) is 1.88. The molecule has 0 aliphatic heterocycles. The summed E-state index contributed by atoms with van der Waals surface area (Å²) in [7, 11) is 1.67. The van der Waals surface area contributed by atoms with Gasteiger partial charge in [0.15, 0.2) is 0 Å². The third-order valence-corrected chi connectivity index (χ3v) is 2.83. The largest absolute Gasteiger partial charge is 0.495 e. The summed E-state index contributed by atoms with van der Waals surface area (Å²) < 4.78 is 5.31. The number of benzene rings is 2. The van der Waals surface area contributed by atoms with E-state index in [0.29, 0.717) is 0 Å². The monoisotopic (exact) mass is 239 g/mol. The van der Waals surface area contributed by atoms with Gasteiger partial charge < -0.3 is 10.1 Å². The Morgan fingerprint density at radius 2 is 2.06 bits per heavy atom. The fourth-order valence-corrected chi connectivity index (χ4v) is 1.92. The highest BCUT2D eigenvalue weighted by atomic mass is 16.5. The van der Waals surface area contributed by atoms with Crippen molar-refractivity contribution >= 4 is 22.3 Å². The highest BCUT2D eigenvalue weighted by molar-refractivity contribution is 5.83. The molecule has 90 valence electrons. The second-order valence-corrected chi connectivity index (χ2v) is 4.00. The first kappa shape index (κ1) is 10.7. The first-order chi connectivity index (χ1) is 8.86. The summed E-state index contributed by atoms with van der Waals surface area (Å²) in [6.45, 7) is 0. The molecule has 18 heavy (non-hydrogen) atoms. The minimum absolute atomic E-state index is 0.824. The van der Waals surface area contributed by atoms with Gasteiger partial charge in [-0.05, 0) is 30.3 Å². The van der Waals surface area contributed by atoms with E-state index in [-0.39, 0.29) is 0 Å². The molecule has 0 bridgehead atoms. The van der Waals surface area contributed by atoms with Gasteiger partial charge in [0.2, 0.25) is 0 Å². The highest BCUT2D eigenvalue weighted by Gasteiger charge is 2.03. The molecular formula is C14H13N3O. The van der Waals surface area contributed by atoms with Gasteiger partial charge in [-0.2, -0.15) is 5.10 Å². The van der Waals surface area contributed by atoms with Crippen LogP contribution in [0, 0.1) is 0 Å². The van der Waals surface area contributed by atoms with Crippen molar-refractivity contribution in [3.8, 4) is 5.75 Å². The predicted molar refractivity (Wildman–Crippen MR) is 72.4 cm³/mol. The van der Waals surface area contributed by atoms with Gasteiger partial charge in [-0.25, -0.2) is 0 Å². The highest BCUT2D eigenvalue weighted by Crippen LogP contribution is 2.28. The number of methoxy groups -OCH3 is 1. The van der Waals surface area contributed by atoms with Crippen molar-refractivity contribution in [1.29, 1.82) is 0 Å². The number of hydrogen-bond acceptors (Lipinski definition) is 3. The Labute approximate surface area is 105 Å². The van der Waals surface area contributed by atoms with E-state index >= 15 is 0 Å². The minimum atomic E-state index is 0.824. The van der Waals surface area contributed by atoms with Crippen LogP contribution in [0.4, 0.5) is 11.4 Å². The number of nitrogens with one attached hydrogen (secondary N) is 2. The van der Waals surface area contributed by atoms with E-state index in [0.717, 1.165) is 28.0 Å². The maximum atomic E-state index is 5.31. The zero-order chi connectivity index (χ0) is 12.4. The second kappa shape index (κ2) is 4.41. The van der Waals surface area contributed by atoms with E-state index < -0.39 is 0 Å². The van der Waals surface area contributed by atoms with E-state index in [4.69, 9.17) is 4.74 Å². The van der Waals surface area contributed by atoms with Gasteiger partial charge >= 0.3 is 0 Å². The van der Waals surface area contributed by atoms with Crippen LogP contribution >= 0.6 is 0 Å². The van der Waals surface area contributed by atoms with Crippen LogP contribution < -0.4 is 10.1 Å². The van der Waals surface area contributed by atoms with Crippen molar-refractivity contribution in [1.82, 2.24) is 10.2 Å². The molecule has 3 rings (SSSR count). The first-order valence-electron chi connectivity index (χ1n) is 5.70. The Kier molecular flexibility index (Phi) is 2.61.